The molecule has 2 N–H and O–H groups in total. The minimum Gasteiger partial charge on any atom is -0.468 e. The molecule has 3 unspecified atom stereocenters. The average molecular weight is 489 g/mol. The Morgan fingerprint density at radius 3 is 2.37 bits per heavy atom. The van der Waals surface area contributed by atoms with E-state index < -0.39 is 54.7 Å². The lowest BCUT2D eigenvalue weighted by atomic mass is 9.95. The Morgan fingerprint density at radius 2 is 1.86 bits per heavy atom. The third-order valence-electron chi connectivity index (χ3n) is 5.23. The first kappa shape index (κ1) is 29.4. The summed E-state index contributed by atoms with van der Waals surface area (Å²) in [4.78, 5) is 52.2. The molecule has 35 heavy (non-hydrogen) atoms. The van der Waals surface area contributed by atoms with Gasteiger partial charge in [-0.2, -0.15) is 5.26 Å². The Labute approximate surface area is 206 Å². The SMILES string of the molecule is CCC(C)C(NC(=O)OC(C)(C)C)C(=O)N(CC#N)C(C(=O)NCC(=O)OC)c1cccc(C)c1. The zero-order valence-corrected chi connectivity index (χ0v) is 21.5. The van der Waals surface area contributed by atoms with E-state index in [0.29, 0.717) is 12.0 Å². The molecule has 3 amide bonds. The van der Waals surface area contributed by atoms with Crippen molar-refractivity contribution in [3.8, 4) is 6.07 Å². The van der Waals surface area contributed by atoms with E-state index >= 15 is 0 Å². The number of nitriles is 1. The Morgan fingerprint density at radius 1 is 1.20 bits per heavy atom. The number of rotatable bonds is 10. The first-order valence-corrected chi connectivity index (χ1v) is 11.4. The molecule has 1 aromatic carbocycles. The number of ether oxygens (including phenoxy) is 2. The summed E-state index contributed by atoms with van der Waals surface area (Å²) in [5, 5.41) is 14.6. The lowest BCUT2D eigenvalue weighted by Crippen LogP contribution is -2.55. The third kappa shape index (κ3) is 9.27. The molecular weight excluding hydrogens is 452 g/mol. The molecule has 0 saturated carbocycles. The largest absolute Gasteiger partial charge is 0.468 e. The minimum absolute atomic E-state index is 0.326. The second-order valence-electron chi connectivity index (χ2n) is 9.24. The van der Waals surface area contributed by atoms with Crippen LogP contribution in [0.25, 0.3) is 0 Å². The topological polar surface area (TPSA) is 138 Å². The van der Waals surface area contributed by atoms with Crippen LogP contribution in [-0.2, 0) is 23.9 Å². The van der Waals surface area contributed by atoms with Crippen molar-refractivity contribution in [1.82, 2.24) is 15.5 Å². The lowest BCUT2D eigenvalue weighted by molar-refractivity contribution is -0.144. The molecule has 0 aromatic heterocycles. The molecule has 0 spiro atoms. The zero-order chi connectivity index (χ0) is 26.8. The number of alkyl carbamates (subject to hydrolysis) is 1. The Bertz CT molecular complexity index is 950. The van der Waals surface area contributed by atoms with Gasteiger partial charge in [0.15, 0.2) is 0 Å². The number of amides is 3. The van der Waals surface area contributed by atoms with Crippen LogP contribution in [0.15, 0.2) is 24.3 Å². The zero-order valence-electron chi connectivity index (χ0n) is 21.5. The van der Waals surface area contributed by atoms with Crippen LogP contribution < -0.4 is 10.6 Å². The second-order valence-corrected chi connectivity index (χ2v) is 9.24. The lowest BCUT2D eigenvalue weighted by Gasteiger charge is -2.34. The van der Waals surface area contributed by atoms with Gasteiger partial charge in [-0.15, -0.1) is 0 Å². The standard InChI is InChI=1S/C25H36N4O6/c1-8-17(3)20(28-24(33)35-25(4,5)6)23(32)29(13-12-26)21(18-11-9-10-16(2)14-18)22(31)27-15-19(30)34-7/h9-11,14,17,20-21H,8,13,15H2,1-7H3,(H,27,31)(H,28,33). The van der Waals surface area contributed by atoms with Crippen molar-refractivity contribution in [3.63, 3.8) is 0 Å². The fourth-order valence-corrected chi connectivity index (χ4v) is 3.31. The van der Waals surface area contributed by atoms with Gasteiger partial charge in [-0.05, 0) is 39.2 Å². The number of esters is 1. The summed E-state index contributed by atoms with van der Waals surface area (Å²) in [5.74, 6) is -2.27. The number of nitrogens with one attached hydrogen (secondary N) is 2. The summed E-state index contributed by atoms with van der Waals surface area (Å²) in [6.45, 7) is 9.75. The maximum Gasteiger partial charge on any atom is 0.408 e. The van der Waals surface area contributed by atoms with Gasteiger partial charge in [0.2, 0.25) is 11.8 Å². The number of hydrogen-bond donors (Lipinski definition) is 2. The highest BCUT2D eigenvalue weighted by Gasteiger charge is 2.38. The first-order valence-electron chi connectivity index (χ1n) is 11.4. The quantitative estimate of drug-likeness (QED) is 0.381. The second kappa shape index (κ2) is 13.3. The molecule has 1 rings (SSSR count). The van der Waals surface area contributed by atoms with Crippen LogP contribution in [0.2, 0.25) is 0 Å². The van der Waals surface area contributed by atoms with Crippen LogP contribution in [-0.4, -0.2) is 60.6 Å². The van der Waals surface area contributed by atoms with Gasteiger partial charge in [-0.3, -0.25) is 14.4 Å². The van der Waals surface area contributed by atoms with Gasteiger partial charge in [-0.1, -0.05) is 50.1 Å². The van der Waals surface area contributed by atoms with Crippen LogP contribution in [0, 0.1) is 24.2 Å². The fraction of sp³-hybridized carbons (Fsp3) is 0.560. The van der Waals surface area contributed by atoms with Gasteiger partial charge in [0.1, 0.15) is 30.8 Å². The highest BCUT2D eigenvalue weighted by Crippen LogP contribution is 2.25. The molecule has 192 valence electrons. The smallest absolute Gasteiger partial charge is 0.408 e. The molecule has 0 heterocycles. The number of carbonyl (C=O) groups is 4. The third-order valence-corrected chi connectivity index (χ3v) is 5.23. The maximum atomic E-state index is 13.8. The Kier molecular flexibility index (Phi) is 11.2. The van der Waals surface area contributed by atoms with E-state index in [1.807, 2.05) is 26.0 Å². The predicted molar refractivity (Wildman–Crippen MR) is 129 cm³/mol. The van der Waals surface area contributed by atoms with Crippen LogP contribution >= 0.6 is 0 Å². The monoisotopic (exact) mass is 488 g/mol. The van der Waals surface area contributed by atoms with Gasteiger partial charge in [0.25, 0.3) is 0 Å². The summed E-state index contributed by atoms with van der Waals surface area (Å²) < 4.78 is 9.90. The van der Waals surface area contributed by atoms with E-state index in [1.54, 1.807) is 45.9 Å². The van der Waals surface area contributed by atoms with E-state index in [1.165, 1.54) is 7.11 Å². The minimum atomic E-state index is -1.22. The Hall–Kier alpha value is -3.61. The van der Waals surface area contributed by atoms with Crippen LogP contribution in [0.3, 0.4) is 0 Å². The van der Waals surface area contributed by atoms with Crippen molar-refractivity contribution in [2.75, 3.05) is 20.2 Å². The summed E-state index contributed by atoms with van der Waals surface area (Å²) in [6.07, 6.45) is -0.244. The van der Waals surface area contributed by atoms with E-state index in [4.69, 9.17) is 4.74 Å². The molecule has 10 heteroatoms. The molecule has 1 aromatic rings. The fourth-order valence-electron chi connectivity index (χ4n) is 3.31. The van der Waals surface area contributed by atoms with E-state index in [-0.39, 0.29) is 5.92 Å². The molecule has 0 aliphatic carbocycles. The number of carbonyl (C=O) groups excluding carboxylic acids is 4. The van der Waals surface area contributed by atoms with Crippen LogP contribution in [0.1, 0.15) is 58.2 Å². The molecule has 0 aliphatic rings. The highest BCUT2D eigenvalue weighted by molar-refractivity contribution is 5.93. The first-order chi connectivity index (χ1) is 16.3. The van der Waals surface area contributed by atoms with Crippen LogP contribution in [0.5, 0.6) is 0 Å². The molecule has 0 aliphatic heterocycles. The number of hydrogen-bond acceptors (Lipinski definition) is 7. The van der Waals surface area contributed by atoms with E-state index in [2.05, 4.69) is 15.4 Å². The van der Waals surface area contributed by atoms with Crippen LogP contribution in [0.4, 0.5) is 4.79 Å². The maximum absolute atomic E-state index is 13.8. The number of nitrogens with zero attached hydrogens (tertiary/aromatic N) is 2. The van der Waals surface area contributed by atoms with Gasteiger partial charge >= 0.3 is 12.1 Å². The predicted octanol–water partition coefficient (Wildman–Crippen LogP) is 2.62. The van der Waals surface area contributed by atoms with Crippen molar-refractivity contribution in [2.24, 2.45) is 5.92 Å². The van der Waals surface area contributed by atoms with Crippen molar-refractivity contribution in [3.05, 3.63) is 35.4 Å². The number of methoxy groups -OCH3 is 1. The highest BCUT2D eigenvalue weighted by atomic mass is 16.6. The average Bonchev–Trinajstić information content (AvgIpc) is 2.78. The van der Waals surface area contributed by atoms with E-state index in [0.717, 1.165) is 10.5 Å². The van der Waals surface area contributed by atoms with Gasteiger partial charge in [0.05, 0.1) is 13.2 Å². The molecule has 3 atom stereocenters. The summed E-state index contributed by atoms with van der Waals surface area (Å²) >= 11 is 0. The molecule has 10 nitrogen and oxygen atoms in total. The molecule has 0 radical (unpaired) electrons. The molecule has 0 fully saturated rings. The van der Waals surface area contributed by atoms with E-state index in [9.17, 15) is 24.4 Å². The van der Waals surface area contributed by atoms with Crippen molar-refractivity contribution >= 4 is 23.9 Å². The van der Waals surface area contributed by atoms with Gasteiger partial charge in [-0.25, -0.2) is 4.79 Å². The molecule has 0 bridgehead atoms. The van der Waals surface area contributed by atoms with Crippen molar-refractivity contribution in [2.45, 2.75) is 65.6 Å². The van der Waals surface area contributed by atoms with Crippen molar-refractivity contribution < 1.29 is 28.7 Å². The summed E-state index contributed by atoms with van der Waals surface area (Å²) in [6, 6.07) is 6.60. The molecule has 0 saturated heterocycles. The summed E-state index contributed by atoms with van der Waals surface area (Å²) in [5.41, 5.74) is 0.510. The van der Waals surface area contributed by atoms with Gasteiger partial charge < -0.3 is 25.0 Å². The number of benzene rings is 1. The van der Waals surface area contributed by atoms with Crippen molar-refractivity contribution in [1.29, 1.82) is 5.26 Å². The van der Waals surface area contributed by atoms with Gasteiger partial charge in [0, 0.05) is 0 Å². The summed E-state index contributed by atoms with van der Waals surface area (Å²) in [7, 11) is 1.19. The molecular formula is C25H36N4O6. The number of aryl methyl sites for hydroxylation is 1. The Balaban J connectivity index is 3.45. The normalized spacial score (nSPS) is 13.4.